The molecule has 0 aliphatic carbocycles. The van der Waals surface area contributed by atoms with Crippen molar-refractivity contribution in [3.8, 4) is 22.0 Å². The number of hydrogen-bond donors (Lipinski definition) is 0. The molecule has 33 heavy (non-hydrogen) atoms. The predicted octanol–water partition coefficient (Wildman–Crippen LogP) is 7.66. The van der Waals surface area contributed by atoms with Gasteiger partial charge in [-0.3, -0.25) is 0 Å². The highest BCUT2D eigenvalue weighted by Crippen LogP contribution is 2.50. The molecule has 0 aliphatic rings. The van der Waals surface area contributed by atoms with Crippen LogP contribution in [-0.4, -0.2) is 0 Å². The summed E-state index contributed by atoms with van der Waals surface area (Å²) in [5.74, 6) is 0. The fraction of sp³-hybridized carbons (Fsp3) is 0.0333. The molecule has 0 saturated heterocycles. The molecule has 5 rings (SSSR count). The lowest BCUT2D eigenvalue weighted by Gasteiger charge is -2.27. The highest BCUT2D eigenvalue weighted by Gasteiger charge is 2.28. The maximum absolute atomic E-state index is 6.69. The van der Waals surface area contributed by atoms with Crippen molar-refractivity contribution >= 4 is 41.7 Å². The van der Waals surface area contributed by atoms with Gasteiger partial charge in [0, 0.05) is 16.4 Å². The van der Waals surface area contributed by atoms with Crippen molar-refractivity contribution in [2.45, 2.75) is 6.92 Å². The molecule has 160 valence electrons. The second-order valence-corrected chi connectivity index (χ2v) is 13.9. The van der Waals surface area contributed by atoms with E-state index in [1.165, 1.54) is 51.4 Å². The molecule has 5 aromatic rings. The SMILES string of the molecule is Cc1cc(-c2ccccc2)c(-c2ccccc2)pc1P(=S)(c1ccccc1)c1ccccc1. The maximum atomic E-state index is 6.69. The number of aryl methyl sites for hydroxylation is 1. The Bertz CT molecular complexity index is 1370. The van der Waals surface area contributed by atoms with Gasteiger partial charge in [0.25, 0.3) is 0 Å². The van der Waals surface area contributed by atoms with Crippen LogP contribution in [0.4, 0.5) is 0 Å². The molecule has 0 nitrogen and oxygen atoms in total. The van der Waals surface area contributed by atoms with Gasteiger partial charge in [0.15, 0.2) is 0 Å². The molecule has 0 radical (unpaired) electrons. The fourth-order valence-corrected chi connectivity index (χ4v) is 10.9. The minimum atomic E-state index is -2.20. The van der Waals surface area contributed by atoms with Gasteiger partial charge in [0.05, 0.1) is 0 Å². The zero-order valence-corrected chi connectivity index (χ0v) is 21.0. The van der Waals surface area contributed by atoms with Crippen LogP contribution in [0, 0.1) is 6.92 Å². The van der Waals surface area contributed by atoms with E-state index >= 15 is 0 Å². The molecule has 4 aromatic carbocycles. The zero-order valence-electron chi connectivity index (χ0n) is 18.4. The zero-order chi connectivity index (χ0) is 22.7. The largest absolute Gasteiger partial charge is 0.0822 e. The van der Waals surface area contributed by atoms with Crippen molar-refractivity contribution in [2.75, 3.05) is 0 Å². The fourth-order valence-electron chi connectivity index (χ4n) is 4.25. The third-order valence-electron chi connectivity index (χ3n) is 5.86. The van der Waals surface area contributed by atoms with Crippen molar-refractivity contribution in [1.82, 2.24) is 0 Å². The summed E-state index contributed by atoms with van der Waals surface area (Å²) in [6.45, 7) is 2.24. The first-order valence-corrected chi connectivity index (χ1v) is 14.7. The molecule has 0 atom stereocenters. The summed E-state index contributed by atoms with van der Waals surface area (Å²) in [6, 6.07) is 43.1. The number of benzene rings is 4. The Morgan fingerprint density at radius 1 is 0.576 bits per heavy atom. The first-order valence-electron chi connectivity index (χ1n) is 11.0. The maximum Gasteiger partial charge on any atom is 0.0426 e. The lowest BCUT2D eigenvalue weighted by atomic mass is 10.0. The quantitative estimate of drug-likeness (QED) is 0.234. The molecule has 1 heterocycles. The Labute approximate surface area is 203 Å². The van der Waals surface area contributed by atoms with E-state index in [1.807, 2.05) is 0 Å². The summed E-state index contributed by atoms with van der Waals surface area (Å²) in [6.07, 6.45) is 0. The molecule has 0 fully saturated rings. The van der Waals surface area contributed by atoms with Crippen molar-refractivity contribution in [1.29, 1.82) is 0 Å². The molecule has 3 heteroatoms. The summed E-state index contributed by atoms with van der Waals surface area (Å²) in [7, 11) is 1.19. The average molecular weight is 479 g/mol. The Hall–Kier alpha value is -2.82. The summed E-state index contributed by atoms with van der Waals surface area (Å²) in [5.41, 5.74) is 5.07. The summed E-state index contributed by atoms with van der Waals surface area (Å²) in [4.78, 5) is 0. The van der Waals surface area contributed by atoms with E-state index in [0.717, 1.165) is 0 Å². The minimum absolute atomic E-state index is 1.19. The van der Waals surface area contributed by atoms with E-state index in [0.29, 0.717) is 0 Å². The van der Waals surface area contributed by atoms with Gasteiger partial charge in [0.1, 0.15) is 0 Å². The molecule has 0 N–H and O–H groups in total. The van der Waals surface area contributed by atoms with E-state index in [2.05, 4.69) is 134 Å². The Kier molecular flexibility index (Phi) is 6.39. The van der Waals surface area contributed by atoms with Crippen LogP contribution in [0.25, 0.3) is 22.0 Å². The summed E-state index contributed by atoms with van der Waals surface area (Å²) >= 11 is 6.69. The van der Waals surface area contributed by atoms with Crippen molar-refractivity contribution in [2.24, 2.45) is 0 Å². The van der Waals surface area contributed by atoms with E-state index in [-0.39, 0.29) is 0 Å². The van der Waals surface area contributed by atoms with E-state index in [1.54, 1.807) is 0 Å². The predicted molar refractivity (Wildman–Crippen MR) is 151 cm³/mol. The Morgan fingerprint density at radius 3 is 1.48 bits per heavy atom. The van der Waals surface area contributed by atoms with Crippen molar-refractivity contribution in [3.63, 3.8) is 0 Å². The van der Waals surface area contributed by atoms with Gasteiger partial charge in [-0.1, -0.05) is 141 Å². The van der Waals surface area contributed by atoms with Crippen LogP contribution >= 0.6 is 14.2 Å². The van der Waals surface area contributed by atoms with Crippen LogP contribution in [-0.2, 0) is 11.8 Å². The smallest absolute Gasteiger partial charge is 0.0426 e. The second kappa shape index (κ2) is 9.58. The first-order chi connectivity index (χ1) is 16.2. The molecule has 0 aliphatic heterocycles. The lowest BCUT2D eigenvalue weighted by Crippen LogP contribution is -2.24. The van der Waals surface area contributed by atoms with Crippen LogP contribution in [0.3, 0.4) is 0 Å². The molecule has 0 amide bonds. The van der Waals surface area contributed by atoms with Gasteiger partial charge in [-0.05, 0) is 45.9 Å². The van der Waals surface area contributed by atoms with E-state index in [9.17, 15) is 0 Å². The summed E-state index contributed by atoms with van der Waals surface area (Å²) < 4.78 is 0. The molecular formula is C30H24P2S. The molecule has 0 saturated carbocycles. The van der Waals surface area contributed by atoms with Gasteiger partial charge < -0.3 is 0 Å². The summed E-state index contributed by atoms with van der Waals surface area (Å²) in [5, 5.41) is 5.17. The third kappa shape index (κ3) is 4.25. The standard InChI is InChI=1S/C30H24P2S/c1-23-22-28(24-14-6-2-7-15-24)29(25-16-8-3-9-17-25)31-30(23)32(33,26-18-10-4-11-19-26)27-20-12-5-13-21-27/h2-22H,1H3. The van der Waals surface area contributed by atoms with Gasteiger partial charge in [-0.2, -0.15) is 0 Å². The average Bonchev–Trinajstić information content (AvgIpc) is 2.90. The Balaban J connectivity index is 1.83. The first kappa shape index (κ1) is 22.0. The van der Waals surface area contributed by atoms with E-state index < -0.39 is 6.04 Å². The molecular weight excluding hydrogens is 454 g/mol. The van der Waals surface area contributed by atoms with Crippen LogP contribution in [0.15, 0.2) is 127 Å². The van der Waals surface area contributed by atoms with Crippen LogP contribution in [0.2, 0.25) is 0 Å². The lowest BCUT2D eigenvalue weighted by molar-refractivity contribution is 1.54. The second-order valence-electron chi connectivity index (χ2n) is 8.04. The van der Waals surface area contributed by atoms with Crippen molar-refractivity contribution in [3.05, 3.63) is 133 Å². The third-order valence-corrected chi connectivity index (χ3v) is 13.6. The van der Waals surface area contributed by atoms with Crippen molar-refractivity contribution < 1.29 is 0 Å². The normalized spacial score (nSPS) is 11.5. The molecule has 1 aromatic heterocycles. The Morgan fingerprint density at radius 2 is 1.00 bits per heavy atom. The highest BCUT2D eigenvalue weighted by atomic mass is 32.4. The topological polar surface area (TPSA) is 0 Å². The van der Waals surface area contributed by atoms with Gasteiger partial charge in [-0.25, -0.2) is 0 Å². The van der Waals surface area contributed by atoms with E-state index in [4.69, 9.17) is 11.8 Å². The number of hydrogen-bond acceptors (Lipinski definition) is 1. The van der Waals surface area contributed by atoms with Gasteiger partial charge >= 0.3 is 0 Å². The highest BCUT2D eigenvalue weighted by molar-refractivity contribution is 8.27. The van der Waals surface area contributed by atoms with Crippen LogP contribution < -0.4 is 15.6 Å². The minimum Gasteiger partial charge on any atom is -0.0822 e. The molecule has 0 spiro atoms. The molecule has 0 unspecified atom stereocenters. The monoisotopic (exact) mass is 478 g/mol. The van der Waals surface area contributed by atoms with Crippen LogP contribution in [0.5, 0.6) is 0 Å². The molecule has 0 bridgehead atoms. The van der Waals surface area contributed by atoms with Crippen LogP contribution in [0.1, 0.15) is 5.56 Å². The van der Waals surface area contributed by atoms with Gasteiger partial charge in [-0.15, -0.1) is 0 Å². The van der Waals surface area contributed by atoms with Gasteiger partial charge in [0.2, 0.25) is 0 Å². The number of rotatable bonds is 5.